The van der Waals surface area contributed by atoms with Gasteiger partial charge in [-0.05, 0) is 36.1 Å². The van der Waals surface area contributed by atoms with Gasteiger partial charge in [0.1, 0.15) is 4.88 Å². The van der Waals surface area contributed by atoms with Gasteiger partial charge in [0.05, 0.1) is 24.8 Å². The molecule has 0 unspecified atom stereocenters. The van der Waals surface area contributed by atoms with Crippen molar-refractivity contribution >= 4 is 23.2 Å². The van der Waals surface area contributed by atoms with Crippen molar-refractivity contribution in [1.29, 1.82) is 0 Å². The second-order valence-electron chi connectivity index (χ2n) is 8.47. The van der Waals surface area contributed by atoms with Crippen LogP contribution in [0.4, 0.5) is 0 Å². The minimum absolute atomic E-state index is 0.0609. The molecule has 0 saturated heterocycles. The van der Waals surface area contributed by atoms with Crippen LogP contribution in [0, 0.1) is 0 Å². The third-order valence-corrected chi connectivity index (χ3v) is 6.89. The standard InChI is InChI=1S/C26H26N6O2S/c33-25(29-11-4-7-19-5-2-1-3-6-19)24-21-17-31(26(34)23-15-28-18-35-23)14-10-22(21)32(30-24)16-20-8-12-27-13-9-20/h1-3,5-6,8-9,12-13,15,18H,4,7,10-11,14,16-17H2,(H,29,33). The SMILES string of the molecule is O=C(NCCCc1ccccc1)c1nn(Cc2ccncc2)c2c1CN(C(=O)c1cncs1)CC2. The molecule has 178 valence electrons. The molecule has 35 heavy (non-hydrogen) atoms. The van der Waals surface area contributed by atoms with E-state index in [1.807, 2.05) is 35.0 Å². The van der Waals surface area contributed by atoms with Crippen LogP contribution in [0.1, 0.15) is 49.0 Å². The van der Waals surface area contributed by atoms with E-state index in [1.54, 1.807) is 29.0 Å². The molecule has 2 amide bonds. The number of carbonyl (C=O) groups excluding carboxylic acids is 2. The van der Waals surface area contributed by atoms with Crippen LogP contribution in [0.5, 0.6) is 0 Å². The summed E-state index contributed by atoms with van der Waals surface area (Å²) in [7, 11) is 0. The molecule has 1 aliphatic rings. The molecule has 1 aromatic carbocycles. The summed E-state index contributed by atoms with van der Waals surface area (Å²) in [5, 5.41) is 7.75. The van der Waals surface area contributed by atoms with E-state index in [4.69, 9.17) is 5.10 Å². The largest absolute Gasteiger partial charge is 0.351 e. The van der Waals surface area contributed by atoms with E-state index < -0.39 is 0 Å². The quantitative estimate of drug-likeness (QED) is 0.386. The lowest BCUT2D eigenvalue weighted by Gasteiger charge is -2.27. The van der Waals surface area contributed by atoms with Gasteiger partial charge < -0.3 is 10.2 Å². The smallest absolute Gasteiger partial charge is 0.272 e. The number of aromatic nitrogens is 4. The second kappa shape index (κ2) is 10.6. The average molecular weight is 487 g/mol. The summed E-state index contributed by atoms with van der Waals surface area (Å²) < 4.78 is 1.90. The summed E-state index contributed by atoms with van der Waals surface area (Å²) in [6, 6.07) is 14.1. The van der Waals surface area contributed by atoms with Gasteiger partial charge in [-0.25, -0.2) is 0 Å². The predicted octanol–water partition coefficient (Wildman–Crippen LogP) is 3.34. The number of pyridine rings is 1. The van der Waals surface area contributed by atoms with Crippen LogP contribution in [0.25, 0.3) is 0 Å². The topological polar surface area (TPSA) is 93.0 Å². The van der Waals surface area contributed by atoms with E-state index in [0.717, 1.165) is 29.7 Å². The number of hydrogen-bond acceptors (Lipinski definition) is 6. The number of hydrogen-bond donors (Lipinski definition) is 1. The molecule has 5 rings (SSSR count). The molecule has 0 saturated carbocycles. The molecule has 3 aromatic heterocycles. The molecule has 1 aliphatic heterocycles. The van der Waals surface area contributed by atoms with Crippen molar-refractivity contribution in [3.05, 3.63) is 99.5 Å². The first-order chi connectivity index (χ1) is 17.2. The third kappa shape index (κ3) is 5.30. The molecule has 0 bridgehead atoms. The Kier molecular flexibility index (Phi) is 6.94. The van der Waals surface area contributed by atoms with Crippen LogP contribution in [0.15, 0.2) is 66.6 Å². The molecule has 0 spiro atoms. The fourth-order valence-corrected chi connectivity index (χ4v) is 4.93. The fourth-order valence-electron chi connectivity index (χ4n) is 4.34. The Balaban J connectivity index is 1.34. The van der Waals surface area contributed by atoms with Crippen molar-refractivity contribution in [1.82, 2.24) is 30.0 Å². The van der Waals surface area contributed by atoms with Crippen molar-refractivity contribution in [2.45, 2.75) is 32.4 Å². The van der Waals surface area contributed by atoms with E-state index in [1.165, 1.54) is 16.9 Å². The van der Waals surface area contributed by atoms with Crippen LogP contribution >= 0.6 is 11.3 Å². The van der Waals surface area contributed by atoms with Crippen molar-refractivity contribution < 1.29 is 9.59 Å². The molecule has 4 aromatic rings. The van der Waals surface area contributed by atoms with Gasteiger partial charge in [0.25, 0.3) is 11.8 Å². The van der Waals surface area contributed by atoms with Crippen molar-refractivity contribution in [3.8, 4) is 0 Å². The fraction of sp³-hybridized carbons (Fsp3) is 0.269. The highest BCUT2D eigenvalue weighted by atomic mass is 32.1. The van der Waals surface area contributed by atoms with E-state index in [0.29, 0.717) is 43.2 Å². The van der Waals surface area contributed by atoms with E-state index in [2.05, 4.69) is 27.4 Å². The Morgan fingerprint density at radius 2 is 1.86 bits per heavy atom. The molecule has 0 radical (unpaired) electrons. The van der Waals surface area contributed by atoms with Crippen molar-refractivity contribution in [3.63, 3.8) is 0 Å². The van der Waals surface area contributed by atoms with Crippen LogP contribution in [0.3, 0.4) is 0 Å². The Hall–Kier alpha value is -3.85. The molecule has 0 aliphatic carbocycles. The molecule has 9 heteroatoms. The molecular formula is C26H26N6O2S. The first kappa shape index (κ1) is 22.9. The van der Waals surface area contributed by atoms with Crippen LogP contribution in [-0.4, -0.2) is 49.6 Å². The maximum absolute atomic E-state index is 13.2. The first-order valence-electron chi connectivity index (χ1n) is 11.7. The lowest BCUT2D eigenvalue weighted by molar-refractivity contribution is 0.0735. The van der Waals surface area contributed by atoms with Crippen LogP contribution in [0.2, 0.25) is 0 Å². The number of aryl methyl sites for hydroxylation is 1. The van der Waals surface area contributed by atoms with Gasteiger partial charge >= 0.3 is 0 Å². The second-order valence-corrected chi connectivity index (χ2v) is 9.36. The number of fused-ring (bicyclic) bond motifs is 1. The van der Waals surface area contributed by atoms with E-state index in [9.17, 15) is 9.59 Å². The van der Waals surface area contributed by atoms with Crippen molar-refractivity contribution in [2.24, 2.45) is 0 Å². The number of carbonyl (C=O) groups is 2. The number of nitrogens with zero attached hydrogens (tertiary/aromatic N) is 5. The van der Waals surface area contributed by atoms with Gasteiger partial charge in [0, 0.05) is 43.2 Å². The van der Waals surface area contributed by atoms with Crippen LogP contribution < -0.4 is 5.32 Å². The molecule has 4 heterocycles. The predicted molar refractivity (Wildman–Crippen MR) is 133 cm³/mol. The van der Waals surface area contributed by atoms with Crippen molar-refractivity contribution in [2.75, 3.05) is 13.1 Å². The number of amides is 2. The number of rotatable bonds is 8. The summed E-state index contributed by atoms with van der Waals surface area (Å²) in [5.41, 5.74) is 6.19. The Morgan fingerprint density at radius 3 is 2.63 bits per heavy atom. The Labute approximate surface area is 207 Å². The summed E-state index contributed by atoms with van der Waals surface area (Å²) in [6.45, 7) is 2.04. The molecular weight excluding hydrogens is 460 g/mol. The van der Waals surface area contributed by atoms with Gasteiger partial charge in [-0.3, -0.25) is 24.2 Å². The highest BCUT2D eigenvalue weighted by Crippen LogP contribution is 2.25. The summed E-state index contributed by atoms with van der Waals surface area (Å²) >= 11 is 1.33. The van der Waals surface area contributed by atoms with Gasteiger partial charge in [0.2, 0.25) is 0 Å². The summed E-state index contributed by atoms with van der Waals surface area (Å²) in [4.78, 5) is 36.6. The molecule has 8 nitrogen and oxygen atoms in total. The summed E-state index contributed by atoms with van der Waals surface area (Å²) in [5.74, 6) is -0.260. The Morgan fingerprint density at radius 1 is 1.03 bits per heavy atom. The zero-order chi connectivity index (χ0) is 24.0. The lowest BCUT2D eigenvalue weighted by Crippen LogP contribution is -2.37. The van der Waals surface area contributed by atoms with Crippen LogP contribution in [-0.2, 0) is 25.9 Å². The lowest BCUT2D eigenvalue weighted by atomic mass is 10.0. The normalized spacial score (nSPS) is 12.9. The molecule has 1 N–H and O–H groups in total. The third-order valence-electron chi connectivity index (χ3n) is 6.13. The highest BCUT2D eigenvalue weighted by molar-refractivity contribution is 7.11. The zero-order valence-electron chi connectivity index (χ0n) is 19.3. The maximum atomic E-state index is 13.2. The number of benzene rings is 1. The number of nitrogens with one attached hydrogen (secondary N) is 1. The monoisotopic (exact) mass is 486 g/mol. The van der Waals surface area contributed by atoms with E-state index in [-0.39, 0.29) is 11.8 Å². The summed E-state index contributed by atoms with van der Waals surface area (Å²) in [6.07, 6.45) is 7.47. The number of thiazole rings is 1. The van der Waals surface area contributed by atoms with Gasteiger partial charge in [-0.15, -0.1) is 11.3 Å². The van der Waals surface area contributed by atoms with Gasteiger partial charge in [-0.2, -0.15) is 5.10 Å². The molecule has 0 atom stereocenters. The Bertz CT molecular complexity index is 1290. The average Bonchev–Trinajstić information content (AvgIpc) is 3.56. The van der Waals surface area contributed by atoms with E-state index >= 15 is 0 Å². The molecule has 0 fully saturated rings. The minimum Gasteiger partial charge on any atom is -0.351 e. The van der Waals surface area contributed by atoms with Gasteiger partial charge in [-0.1, -0.05) is 30.3 Å². The minimum atomic E-state index is -0.199. The first-order valence-corrected chi connectivity index (χ1v) is 12.5. The maximum Gasteiger partial charge on any atom is 0.272 e. The van der Waals surface area contributed by atoms with Gasteiger partial charge in [0.15, 0.2) is 5.69 Å². The zero-order valence-corrected chi connectivity index (χ0v) is 20.1. The highest BCUT2D eigenvalue weighted by Gasteiger charge is 2.30.